The molecule has 1 aliphatic rings. The van der Waals surface area contributed by atoms with Crippen LogP contribution in [0.3, 0.4) is 0 Å². The van der Waals surface area contributed by atoms with E-state index in [-0.39, 0.29) is 39.8 Å². The Morgan fingerprint density at radius 3 is 2.60 bits per heavy atom. The molecule has 0 unspecified atom stereocenters. The van der Waals surface area contributed by atoms with Crippen LogP contribution in [-0.4, -0.2) is 50.1 Å². The number of anilines is 1. The quantitative estimate of drug-likeness (QED) is 0.454. The Morgan fingerprint density at radius 2 is 2.03 bits per heavy atom. The molecule has 8 nitrogen and oxygen atoms in total. The van der Waals surface area contributed by atoms with E-state index in [1.807, 2.05) is 20.8 Å². The van der Waals surface area contributed by atoms with Crippen LogP contribution in [0, 0.1) is 5.92 Å². The minimum absolute atomic E-state index is 0.00828. The Hall–Kier alpha value is -2.46. The fraction of sp³-hybridized carbons (Fsp3) is 0.625. The van der Waals surface area contributed by atoms with Gasteiger partial charge < -0.3 is 20.5 Å². The third kappa shape index (κ3) is 6.82. The lowest BCUT2D eigenvalue weighted by Gasteiger charge is -2.34. The molecule has 0 bridgehead atoms. The van der Waals surface area contributed by atoms with Gasteiger partial charge in [0, 0.05) is 30.9 Å². The minimum Gasteiger partial charge on any atom is -0.434 e. The van der Waals surface area contributed by atoms with Crippen molar-refractivity contribution in [2.45, 2.75) is 84.6 Å². The second-order valence-corrected chi connectivity index (χ2v) is 10.6. The number of carbonyl (C=O) groups excluding carboxylic acids is 1. The lowest BCUT2D eigenvalue weighted by molar-refractivity contribution is -0.0494. The van der Waals surface area contributed by atoms with Crippen molar-refractivity contribution in [3.05, 3.63) is 23.0 Å². The molecule has 1 amide bonds. The molecule has 1 saturated carbocycles. The highest BCUT2D eigenvalue weighted by Crippen LogP contribution is 2.39. The van der Waals surface area contributed by atoms with Crippen molar-refractivity contribution in [1.29, 1.82) is 0 Å². The van der Waals surface area contributed by atoms with E-state index in [0.717, 1.165) is 12.8 Å². The molecular formula is C24H34ClF2N5O3. The zero-order valence-corrected chi connectivity index (χ0v) is 21.5. The summed E-state index contributed by atoms with van der Waals surface area (Å²) in [6.07, 6.45) is 4.36. The van der Waals surface area contributed by atoms with Crippen LogP contribution < -0.4 is 15.4 Å². The van der Waals surface area contributed by atoms with E-state index in [1.165, 1.54) is 16.9 Å². The lowest BCUT2D eigenvalue weighted by atomic mass is 9.79. The number of nitrogens with one attached hydrogen (secondary N) is 2. The van der Waals surface area contributed by atoms with Crippen molar-refractivity contribution in [3.8, 4) is 17.0 Å². The number of alkyl halides is 2. The summed E-state index contributed by atoms with van der Waals surface area (Å²) in [4.78, 5) is 17.3. The number of pyridine rings is 1. The van der Waals surface area contributed by atoms with Crippen LogP contribution >= 0.6 is 11.6 Å². The smallest absolute Gasteiger partial charge is 0.387 e. The molecule has 1 fully saturated rings. The van der Waals surface area contributed by atoms with Crippen molar-refractivity contribution < 1.29 is 23.4 Å². The van der Waals surface area contributed by atoms with Crippen molar-refractivity contribution in [2.24, 2.45) is 5.92 Å². The summed E-state index contributed by atoms with van der Waals surface area (Å²) >= 11 is 6.57. The minimum atomic E-state index is -3.07. The number of aryl methyl sites for hydroxylation is 1. The zero-order chi connectivity index (χ0) is 26.0. The van der Waals surface area contributed by atoms with E-state index < -0.39 is 18.1 Å². The van der Waals surface area contributed by atoms with Gasteiger partial charge in [0.25, 0.3) is 5.91 Å². The van der Waals surface area contributed by atoms with Crippen molar-refractivity contribution in [3.63, 3.8) is 0 Å². The molecule has 3 rings (SSSR count). The molecule has 1 aliphatic carbocycles. The maximum absolute atomic E-state index is 13.2. The van der Waals surface area contributed by atoms with E-state index in [0.29, 0.717) is 31.1 Å². The van der Waals surface area contributed by atoms with Gasteiger partial charge in [-0.05, 0) is 59.3 Å². The van der Waals surface area contributed by atoms with Gasteiger partial charge in [-0.3, -0.25) is 9.48 Å². The summed E-state index contributed by atoms with van der Waals surface area (Å²) in [7, 11) is 0. The van der Waals surface area contributed by atoms with Crippen LogP contribution in [-0.2, 0) is 6.54 Å². The van der Waals surface area contributed by atoms with E-state index in [1.54, 1.807) is 6.92 Å². The van der Waals surface area contributed by atoms with Gasteiger partial charge in [0.15, 0.2) is 5.69 Å². The third-order valence-electron chi connectivity index (χ3n) is 6.03. The first-order valence-corrected chi connectivity index (χ1v) is 12.2. The second-order valence-electron chi connectivity index (χ2n) is 10.2. The Morgan fingerprint density at radius 1 is 1.37 bits per heavy atom. The van der Waals surface area contributed by atoms with Crippen molar-refractivity contribution in [2.75, 3.05) is 11.9 Å². The van der Waals surface area contributed by atoms with Crippen LogP contribution in [0.4, 0.5) is 14.6 Å². The van der Waals surface area contributed by atoms with E-state index in [2.05, 4.69) is 27.6 Å². The first-order valence-electron chi connectivity index (χ1n) is 11.8. The molecule has 194 valence electrons. The average molecular weight is 514 g/mol. The second kappa shape index (κ2) is 10.7. The molecule has 0 aromatic carbocycles. The SMILES string of the molecule is CCn1nc(C(=O)NCC2(O)CCC(C)CC2)c(Cl)c1-c1cnc(NC(C)(C)C)cc1OC(F)F. The molecule has 2 aromatic rings. The Balaban J connectivity index is 1.91. The predicted molar refractivity (Wildman–Crippen MR) is 131 cm³/mol. The molecule has 0 spiro atoms. The topological polar surface area (TPSA) is 101 Å². The van der Waals surface area contributed by atoms with E-state index in [9.17, 15) is 18.7 Å². The third-order valence-corrected chi connectivity index (χ3v) is 6.39. The fourth-order valence-corrected chi connectivity index (χ4v) is 4.46. The molecule has 35 heavy (non-hydrogen) atoms. The van der Waals surface area contributed by atoms with Crippen LogP contribution in [0.25, 0.3) is 11.3 Å². The average Bonchev–Trinajstić information content (AvgIpc) is 3.09. The van der Waals surface area contributed by atoms with Crippen molar-refractivity contribution in [1.82, 2.24) is 20.1 Å². The van der Waals surface area contributed by atoms with Gasteiger partial charge in [-0.2, -0.15) is 13.9 Å². The molecule has 2 heterocycles. The van der Waals surface area contributed by atoms with Gasteiger partial charge >= 0.3 is 6.61 Å². The van der Waals surface area contributed by atoms with Crippen LogP contribution in [0.5, 0.6) is 5.75 Å². The first kappa shape index (κ1) is 27.1. The molecule has 11 heteroatoms. The van der Waals surface area contributed by atoms with Gasteiger partial charge in [0.1, 0.15) is 11.6 Å². The summed E-state index contributed by atoms with van der Waals surface area (Å²) in [5, 5.41) is 20.9. The van der Waals surface area contributed by atoms with Crippen LogP contribution in [0.2, 0.25) is 5.02 Å². The Labute approximate surface area is 209 Å². The monoisotopic (exact) mass is 513 g/mol. The molecule has 3 N–H and O–H groups in total. The van der Waals surface area contributed by atoms with Gasteiger partial charge in [0.05, 0.1) is 21.9 Å². The number of halogens is 3. The summed E-state index contributed by atoms with van der Waals surface area (Å²) in [5.41, 5.74) is -0.956. The van der Waals surface area contributed by atoms with Crippen LogP contribution in [0.15, 0.2) is 12.3 Å². The van der Waals surface area contributed by atoms with E-state index >= 15 is 0 Å². The van der Waals surface area contributed by atoms with Gasteiger partial charge in [-0.1, -0.05) is 18.5 Å². The molecule has 0 saturated heterocycles. The number of nitrogens with zero attached hydrogens (tertiary/aromatic N) is 3. The maximum atomic E-state index is 13.2. The Bertz CT molecular complexity index is 1050. The highest BCUT2D eigenvalue weighted by atomic mass is 35.5. The lowest BCUT2D eigenvalue weighted by Crippen LogP contribution is -2.45. The van der Waals surface area contributed by atoms with Gasteiger partial charge in [0.2, 0.25) is 0 Å². The van der Waals surface area contributed by atoms with Gasteiger partial charge in [-0.15, -0.1) is 0 Å². The summed E-state index contributed by atoms with van der Waals surface area (Å²) in [5.74, 6) is 0.205. The van der Waals surface area contributed by atoms with Crippen LogP contribution in [0.1, 0.15) is 70.8 Å². The summed E-state index contributed by atoms with van der Waals surface area (Å²) in [6.45, 7) is 6.99. The van der Waals surface area contributed by atoms with Gasteiger partial charge in [-0.25, -0.2) is 4.98 Å². The number of hydrogen-bond donors (Lipinski definition) is 3. The molecule has 2 aromatic heterocycles. The summed E-state index contributed by atoms with van der Waals surface area (Å²) < 4.78 is 32.7. The normalized spacial score (nSPS) is 20.7. The number of aliphatic hydroxyl groups is 1. The fourth-order valence-electron chi connectivity index (χ4n) is 4.14. The number of hydrogen-bond acceptors (Lipinski definition) is 6. The number of aromatic nitrogens is 3. The molecule has 0 aliphatic heterocycles. The number of ether oxygens (including phenoxy) is 1. The Kier molecular flexibility index (Phi) is 8.26. The van der Waals surface area contributed by atoms with Crippen molar-refractivity contribution >= 4 is 23.3 Å². The molecular weight excluding hydrogens is 480 g/mol. The predicted octanol–water partition coefficient (Wildman–Crippen LogP) is 5.10. The first-order chi connectivity index (χ1) is 16.3. The molecule has 0 radical (unpaired) electrons. The molecule has 0 atom stereocenters. The highest BCUT2D eigenvalue weighted by Gasteiger charge is 2.33. The zero-order valence-electron chi connectivity index (χ0n) is 20.8. The number of carbonyl (C=O) groups is 1. The standard InChI is InChI=1S/C24H34ClF2N5O3/c1-6-32-20(15-12-28-17(30-23(3,4)5)11-16(15)35-22(26)27)18(25)19(31-32)21(33)29-13-24(34)9-7-14(2)8-10-24/h11-12,14,22,34H,6-10,13H2,1-5H3,(H,28,30)(H,29,33). The highest BCUT2D eigenvalue weighted by molar-refractivity contribution is 6.36. The number of amides is 1. The largest absolute Gasteiger partial charge is 0.434 e. The number of rotatable bonds is 8. The summed E-state index contributed by atoms with van der Waals surface area (Å²) in [6, 6.07) is 1.37. The maximum Gasteiger partial charge on any atom is 0.387 e. The van der Waals surface area contributed by atoms with E-state index in [4.69, 9.17) is 16.3 Å².